The zero-order chi connectivity index (χ0) is 63.5. The summed E-state index contributed by atoms with van der Waals surface area (Å²) in [4.78, 5) is 72.3. The quantitative estimate of drug-likeness (QED) is 0.0222. The summed E-state index contributed by atoms with van der Waals surface area (Å²) in [6.45, 7) is 7.20. The number of rotatable bonds is 67. The first-order chi connectivity index (χ1) is 41.5. The lowest BCUT2D eigenvalue weighted by Gasteiger charge is -2.21. The first-order valence-electron chi connectivity index (χ1n) is 35.1. The highest BCUT2D eigenvalue weighted by Gasteiger charge is 2.30. The van der Waals surface area contributed by atoms with Gasteiger partial charge in [-0.15, -0.1) is 0 Å². The van der Waals surface area contributed by atoms with E-state index < -0.39 is 97.5 Å². The van der Waals surface area contributed by atoms with E-state index in [1.165, 1.54) is 167 Å². The van der Waals surface area contributed by atoms with Crippen molar-refractivity contribution in [2.45, 2.75) is 361 Å². The first kappa shape index (κ1) is 84.1. The van der Waals surface area contributed by atoms with Crippen molar-refractivity contribution in [3.05, 3.63) is 0 Å². The van der Waals surface area contributed by atoms with Gasteiger partial charge in [0, 0.05) is 25.7 Å². The molecule has 0 bridgehead atoms. The SMILES string of the molecule is CCCCCCCCCCCCCCCC(=O)OC[C@H](COP(=O)(O)OC[C@@H](O)COP(=O)(O)OC[C@@H](COC(=O)CCCCCCCCCCC)OC(=O)CCCCCCCCCCCCC)OC(=O)CCCCCCCCCCCCC(C)C. The highest BCUT2D eigenvalue weighted by Crippen LogP contribution is 2.45. The molecule has 0 spiro atoms. The Balaban J connectivity index is 5.24. The van der Waals surface area contributed by atoms with Gasteiger partial charge < -0.3 is 33.8 Å². The minimum absolute atomic E-state index is 0.106. The molecule has 0 aromatic rings. The summed E-state index contributed by atoms with van der Waals surface area (Å²) >= 11 is 0. The van der Waals surface area contributed by atoms with E-state index in [9.17, 15) is 43.2 Å². The molecule has 0 fully saturated rings. The Morgan fingerprint density at radius 2 is 0.535 bits per heavy atom. The second-order valence-corrected chi connectivity index (χ2v) is 27.6. The molecule has 510 valence electrons. The van der Waals surface area contributed by atoms with Gasteiger partial charge in [0.1, 0.15) is 19.3 Å². The maximum atomic E-state index is 13.0. The maximum Gasteiger partial charge on any atom is 0.472 e. The van der Waals surface area contributed by atoms with Crippen molar-refractivity contribution in [1.29, 1.82) is 0 Å². The van der Waals surface area contributed by atoms with Crippen molar-refractivity contribution in [2.75, 3.05) is 39.6 Å². The molecular formula is C67H130O17P2. The lowest BCUT2D eigenvalue weighted by atomic mass is 10.0. The summed E-state index contributed by atoms with van der Waals surface area (Å²) in [5, 5.41) is 10.6. The van der Waals surface area contributed by atoms with Crippen LogP contribution in [-0.4, -0.2) is 96.7 Å². The molecule has 0 aliphatic heterocycles. The molecule has 17 nitrogen and oxygen atoms in total. The molecule has 3 N–H and O–H groups in total. The number of carbonyl (C=O) groups excluding carboxylic acids is 4. The molecule has 2 unspecified atom stereocenters. The second-order valence-electron chi connectivity index (χ2n) is 24.7. The van der Waals surface area contributed by atoms with Gasteiger partial charge in [0.05, 0.1) is 26.4 Å². The van der Waals surface area contributed by atoms with Gasteiger partial charge in [-0.25, -0.2) is 9.13 Å². The molecule has 0 saturated carbocycles. The number of esters is 4. The van der Waals surface area contributed by atoms with Crippen LogP contribution in [0.15, 0.2) is 0 Å². The molecule has 0 heterocycles. The molecule has 5 atom stereocenters. The molecule has 0 saturated heterocycles. The third kappa shape index (κ3) is 60.9. The molecule has 86 heavy (non-hydrogen) atoms. The van der Waals surface area contributed by atoms with Crippen molar-refractivity contribution in [2.24, 2.45) is 5.92 Å². The van der Waals surface area contributed by atoms with Gasteiger partial charge in [0.15, 0.2) is 12.2 Å². The van der Waals surface area contributed by atoms with E-state index in [4.69, 9.17) is 37.0 Å². The Hall–Kier alpha value is -1.94. The van der Waals surface area contributed by atoms with Crippen LogP contribution in [0.25, 0.3) is 0 Å². The number of aliphatic hydroxyl groups excluding tert-OH is 1. The van der Waals surface area contributed by atoms with Crippen molar-refractivity contribution < 1.29 is 80.2 Å². The summed E-state index contributed by atoms with van der Waals surface area (Å²) in [5.41, 5.74) is 0. The van der Waals surface area contributed by atoms with Crippen LogP contribution in [-0.2, 0) is 65.4 Å². The van der Waals surface area contributed by atoms with E-state index in [1.807, 2.05) is 0 Å². The van der Waals surface area contributed by atoms with Crippen molar-refractivity contribution in [3.63, 3.8) is 0 Å². The molecule has 0 amide bonds. The molecule has 0 aliphatic rings. The van der Waals surface area contributed by atoms with E-state index in [0.29, 0.717) is 25.7 Å². The van der Waals surface area contributed by atoms with Gasteiger partial charge in [0.25, 0.3) is 0 Å². The van der Waals surface area contributed by atoms with E-state index in [0.717, 1.165) is 95.8 Å². The molecule has 0 rings (SSSR count). The van der Waals surface area contributed by atoms with Crippen LogP contribution in [0.4, 0.5) is 0 Å². The fourth-order valence-electron chi connectivity index (χ4n) is 10.1. The fourth-order valence-corrected chi connectivity index (χ4v) is 11.7. The summed E-state index contributed by atoms with van der Waals surface area (Å²) in [5.74, 6) is -1.37. The van der Waals surface area contributed by atoms with Crippen LogP contribution in [0.5, 0.6) is 0 Å². The van der Waals surface area contributed by atoms with Crippen molar-refractivity contribution in [3.8, 4) is 0 Å². The van der Waals surface area contributed by atoms with Crippen LogP contribution in [0.1, 0.15) is 343 Å². The molecule has 19 heteroatoms. The molecule has 0 aliphatic carbocycles. The first-order valence-corrected chi connectivity index (χ1v) is 38.1. The number of ether oxygens (including phenoxy) is 4. The number of phosphoric acid groups is 2. The van der Waals surface area contributed by atoms with E-state index in [2.05, 4.69) is 34.6 Å². The summed E-state index contributed by atoms with van der Waals surface area (Å²) in [6.07, 6.45) is 45.7. The third-order valence-corrected chi connectivity index (χ3v) is 17.4. The minimum atomic E-state index is -4.95. The number of carbonyl (C=O) groups is 4. The topological polar surface area (TPSA) is 237 Å². The number of phosphoric ester groups is 2. The Bertz CT molecular complexity index is 1670. The Kier molecular flexibility index (Phi) is 59.2. The van der Waals surface area contributed by atoms with Crippen LogP contribution < -0.4 is 0 Å². The van der Waals surface area contributed by atoms with Gasteiger partial charge in [-0.2, -0.15) is 0 Å². The standard InChI is InChI=1S/C67H130O17P2/c1-6-9-12-15-18-21-23-24-26-31-36-41-46-51-65(70)78-57-63(84-67(72)53-48-43-38-33-28-27-30-34-39-44-49-60(4)5)59-82-86(75,76)80-55-61(68)54-79-85(73,74)81-58-62(56-77-64(69)50-45-40-35-29-20-17-14-11-8-3)83-66(71)52-47-42-37-32-25-22-19-16-13-10-7-2/h60-63,68H,6-59H2,1-5H3,(H,73,74)(H,75,76)/t61-,62+,63+/m0/s1. The molecule has 0 radical (unpaired) electrons. The summed E-state index contributed by atoms with van der Waals surface area (Å²) < 4.78 is 68.1. The summed E-state index contributed by atoms with van der Waals surface area (Å²) in [6, 6.07) is 0. The zero-order valence-electron chi connectivity index (χ0n) is 55.4. The smallest absolute Gasteiger partial charge is 0.462 e. The number of hydrogen-bond acceptors (Lipinski definition) is 15. The maximum absolute atomic E-state index is 13.0. The third-order valence-electron chi connectivity index (χ3n) is 15.5. The van der Waals surface area contributed by atoms with Crippen LogP contribution >= 0.6 is 15.6 Å². The van der Waals surface area contributed by atoms with Gasteiger partial charge in [-0.3, -0.25) is 37.3 Å². The Morgan fingerprint density at radius 1 is 0.314 bits per heavy atom. The average molecular weight is 1270 g/mol. The van der Waals surface area contributed by atoms with Crippen LogP contribution in [0.2, 0.25) is 0 Å². The van der Waals surface area contributed by atoms with Crippen LogP contribution in [0, 0.1) is 5.92 Å². The molecular weight excluding hydrogens is 1140 g/mol. The number of aliphatic hydroxyl groups is 1. The highest BCUT2D eigenvalue weighted by molar-refractivity contribution is 7.47. The predicted molar refractivity (Wildman–Crippen MR) is 345 cm³/mol. The minimum Gasteiger partial charge on any atom is -0.462 e. The highest BCUT2D eigenvalue weighted by atomic mass is 31.2. The fraction of sp³-hybridized carbons (Fsp3) is 0.940. The van der Waals surface area contributed by atoms with E-state index in [-0.39, 0.29) is 25.7 Å². The van der Waals surface area contributed by atoms with Crippen LogP contribution in [0.3, 0.4) is 0 Å². The van der Waals surface area contributed by atoms with Gasteiger partial charge in [-0.05, 0) is 31.6 Å². The number of unbranched alkanes of at least 4 members (excludes halogenated alkanes) is 39. The zero-order valence-corrected chi connectivity index (χ0v) is 57.2. The largest absolute Gasteiger partial charge is 0.472 e. The average Bonchev–Trinajstić information content (AvgIpc) is 3.65. The summed E-state index contributed by atoms with van der Waals surface area (Å²) in [7, 11) is -9.89. The van der Waals surface area contributed by atoms with Gasteiger partial charge >= 0.3 is 39.5 Å². The Labute approximate surface area is 524 Å². The normalized spacial score (nSPS) is 14.2. The van der Waals surface area contributed by atoms with Crippen molar-refractivity contribution >= 4 is 39.5 Å². The van der Waals surface area contributed by atoms with E-state index >= 15 is 0 Å². The van der Waals surface area contributed by atoms with E-state index in [1.54, 1.807) is 0 Å². The lowest BCUT2D eigenvalue weighted by molar-refractivity contribution is -0.161. The Morgan fingerprint density at radius 3 is 0.791 bits per heavy atom. The second kappa shape index (κ2) is 60.6. The van der Waals surface area contributed by atoms with Gasteiger partial charge in [-0.1, -0.05) is 291 Å². The number of hydrogen-bond donors (Lipinski definition) is 3. The lowest BCUT2D eigenvalue weighted by Crippen LogP contribution is -2.30. The molecule has 0 aromatic carbocycles. The monoisotopic (exact) mass is 1270 g/mol. The predicted octanol–water partition coefficient (Wildman–Crippen LogP) is 19.0. The van der Waals surface area contributed by atoms with Gasteiger partial charge in [0.2, 0.25) is 0 Å². The van der Waals surface area contributed by atoms with Crippen molar-refractivity contribution in [1.82, 2.24) is 0 Å². The molecule has 0 aromatic heterocycles.